The van der Waals surface area contributed by atoms with Gasteiger partial charge in [-0.25, -0.2) is 9.37 Å². The van der Waals surface area contributed by atoms with E-state index in [0.29, 0.717) is 11.4 Å². The van der Waals surface area contributed by atoms with E-state index in [0.717, 1.165) is 0 Å². The number of hydrogen-bond donors (Lipinski definition) is 0. The number of halogens is 1. The zero-order valence-electron chi connectivity index (χ0n) is 13.7. The smallest absolute Gasteiger partial charge is 0.276 e. The summed E-state index contributed by atoms with van der Waals surface area (Å²) >= 11 is 0. The number of rotatable bonds is 6. The lowest BCUT2D eigenvalue weighted by Crippen LogP contribution is -2.30. The van der Waals surface area contributed by atoms with E-state index >= 15 is 0 Å². The van der Waals surface area contributed by atoms with E-state index < -0.39 is 0 Å². The molecule has 8 heteroatoms. The SMILES string of the molecule is C[C@H](c1ccon1)N(C)C(=O)c1coc(COc2ccc(F)cc2)n1. The van der Waals surface area contributed by atoms with E-state index in [4.69, 9.17) is 13.7 Å². The van der Waals surface area contributed by atoms with Gasteiger partial charge in [-0.05, 0) is 31.2 Å². The van der Waals surface area contributed by atoms with Crippen LogP contribution in [0.1, 0.15) is 35.0 Å². The van der Waals surface area contributed by atoms with Crippen LogP contribution in [0.2, 0.25) is 0 Å². The van der Waals surface area contributed by atoms with Crippen LogP contribution < -0.4 is 4.74 Å². The summed E-state index contributed by atoms with van der Waals surface area (Å²) in [6.45, 7) is 1.86. The molecule has 0 N–H and O–H groups in total. The fraction of sp³-hybridized carbons (Fsp3) is 0.235. The number of nitrogens with zero attached hydrogens (tertiary/aromatic N) is 3. The molecule has 0 unspecified atom stereocenters. The van der Waals surface area contributed by atoms with Crippen LogP contribution in [0.3, 0.4) is 0 Å². The largest absolute Gasteiger partial charge is 0.484 e. The van der Waals surface area contributed by atoms with Crippen molar-refractivity contribution < 1.29 is 22.9 Å². The molecule has 1 atom stereocenters. The van der Waals surface area contributed by atoms with Gasteiger partial charge in [-0.3, -0.25) is 4.79 Å². The fourth-order valence-corrected chi connectivity index (χ4v) is 2.14. The number of carbonyl (C=O) groups is 1. The second kappa shape index (κ2) is 7.16. The van der Waals surface area contributed by atoms with Gasteiger partial charge in [0.25, 0.3) is 5.91 Å². The second-order valence-corrected chi connectivity index (χ2v) is 5.39. The Kier molecular flexibility index (Phi) is 4.78. The highest BCUT2D eigenvalue weighted by atomic mass is 19.1. The topological polar surface area (TPSA) is 81.6 Å². The number of amides is 1. The van der Waals surface area contributed by atoms with Gasteiger partial charge in [0.05, 0.1) is 6.04 Å². The van der Waals surface area contributed by atoms with E-state index in [9.17, 15) is 9.18 Å². The van der Waals surface area contributed by atoms with E-state index in [1.165, 1.54) is 41.7 Å². The van der Waals surface area contributed by atoms with Crippen LogP contribution in [0.4, 0.5) is 4.39 Å². The third-order valence-electron chi connectivity index (χ3n) is 3.73. The third-order valence-corrected chi connectivity index (χ3v) is 3.73. The summed E-state index contributed by atoms with van der Waals surface area (Å²) in [4.78, 5) is 18.1. The summed E-state index contributed by atoms with van der Waals surface area (Å²) in [5.41, 5.74) is 0.801. The van der Waals surface area contributed by atoms with Gasteiger partial charge in [0.15, 0.2) is 12.3 Å². The van der Waals surface area contributed by atoms with Crippen LogP contribution in [0.5, 0.6) is 5.75 Å². The van der Waals surface area contributed by atoms with Crippen molar-refractivity contribution in [3.05, 3.63) is 66.0 Å². The molecule has 1 amide bonds. The van der Waals surface area contributed by atoms with Crippen LogP contribution in [0.15, 0.2) is 51.8 Å². The Morgan fingerprint density at radius 1 is 1.32 bits per heavy atom. The Labute approximate surface area is 143 Å². The first kappa shape index (κ1) is 16.7. The predicted molar refractivity (Wildman–Crippen MR) is 84.2 cm³/mol. The first-order valence-electron chi connectivity index (χ1n) is 7.55. The summed E-state index contributed by atoms with van der Waals surface area (Å²) in [5, 5.41) is 3.83. The number of ether oxygens (including phenoxy) is 1. The monoisotopic (exact) mass is 345 g/mol. The van der Waals surface area contributed by atoms with Crippen molar-refractivity contribution in [1.29, 1.82) is 0 Å². The van der Waals surface area contributed by atoms with Crippen molar-refractivity contribution in [3.63, 3.8) is 0 Å². The van der Waals surface area contributed by atoms with Gasteiger partial charge in [0, 0.05) is 13.1 Å². The molecule has 0 bridgehead atoms. The summed E-state index contributed by atoms with van der Waals surface area (Å²) < 4.78 is 28.3. The lowest BCUT2D eigenvalue weighted by atomic mass is 10.2. The van der Waals surface area contributed by atoms with Crippen LogP contribution in [0.25, 0.3) is 0 Å². The summed E-state index contributed by atoms with van der Waals surface area (Å²) in [6, 6.07) is 7.00. The van der Waals surface area contributed by atoms with Crippen molar-refractivity contribution in [2.75, 3.05) is 7.05 Å². The zero-order valence-corrected chi connectivity index (χ0v) is 13.7. The molecule has 0 saturated carbocycles. The number of benzene rings is 1. The van der Waals surface area contributed by atoms with Gasteiger partial charge in [0.2, 0.25) is 5.89 Å². The highest BCUT2D eigenvalue weighted by Gasteiger charge is 2.23. The molecule has 0 aliphatic carbocycles. The molecule has 3 rings (SSSR count). The van der Waals surface area contributed by atoms with Gasteiger partial charge < -0.3 is 18.6 Å². The first-order chi connectivity index (χ1) is 12.0. The lowest BCUT2D eigenvalue weighted by Gasteiger charge is -2.21. The molecule has 1 aromatic carbocycles. The molecule has 0 aliphatic rings. The predicted octanol–water partition coefficient (Wildman–Crippen LogP) is 3.21. The number of carbonyl (C=O) groups excluding carboxylic acids is 1. The van der Waals surface area contributed by atoms with Crippen LogP contribution in [-0.4, -0.2) is 28.0 Å². The van der Waals surface area contributed by atoms with E-state index in [-0.39, 0.29) is 36.0 Å². The maximum atomic E-state index is 12.8. The van der Waals surface area contributed by atoms with Crippen molar-refractivity contribution in [3.8, 4) is 5.75 Å². The molecule has 0 aliphatic heterocycles. The second-order valence-electron chi connectivity index (χ2n) is 5.39. The maximum absolute atomic E-state index is 12.8. The van der Waals surface area contributed by atoms with Crippen molar-refractivity contribution in [2.45, 2.75) is 19.6 Å². The lowest BCUT2D eigenvalue weighted by molar-refractivity contribution is 0.0731. The quantitative estimate of drug-likeness (QED) is 0.682. The number of aromatic nitrogens is 2. The molecule has 0 fully saturated rings. The molecule has 0 saturated heterocycles. The van der Waals surface area contributed by atoms with Crippen molar-refractivity contribution >= 4 is 5.91 Å². The van der Waals surface area contributed by atoms with E-state index in [1.54, 1.807) is 13.1 Å². The number of oxazole rings is 1. The van der Waals surface area contributed by atoms with Gasteiger partial charge in [-0.2, -0.15) is 0 Å². The Morgan fingerprint density at radius 3 is 2.76 bits per heavy atom. The summed E-state index contributed by atoms with van der Waals surface area (Å²) in [5.74, 6) is 0.0623. The molecular formula is C17H16FN3O4. The minimum Gasteiger partial charge on any atom is -0.484 e. The average molecular weight is 345 g/mol. The molecule has 7 nitrogen and oxygen atoms in total. The zero-order chi connectivity index (χ0) is 17.8. The maximum Gasteiger partial charge on any atom is 0.276 e. The Balaban J connectivity index is 1.62. The van der Waals surface area contributed by atoms with Gasteiger partial charge in [-0.1, -0.05) is 5.16 Å². The molecule has 130 valence electrons. The minimum absolute atomic E-state index is 0.0292. The summed E-state index contributed by atoms with van der Waals surface area (Å²) in [6.07, 6.45) is 2.73. The van der Waals surface area contributed by atoms with E-state index in [1.807, 2.05) is 6.92 Å². The van der Waals surface area contributed by atoms with Crippen LogP contribution in [-0.2, 0) is 6.61 Å². The molecule has 2 heterocycles. The molecule has 2 aromatic heterocycles. The Morgan fingerprint density at radius 2 is 2.08 bits per heavy atom. The summed E-state index contributed by atoms with van der Waals surface area (Å²) in [7, 11) is 1.64. The molecule has 25 heavy (non-hydrogen) atoms. The average Bonchev–Trinajstić information content (AvgIpc) is 3.31. The number of hydrogen-bond acceptors (Lipinski definition) is 6. The highest BCUT2D eigenvalue weighted by molar-refractivity contribution is 5.92. The van der Waals surface area contributed by atoms with Crippen LogP contribution in [0, 0.1) is 5.82 Å². The first-order valence-corrected chi connectivity index (χ1v) is 7.55. The normalized spacial score (nSPS) is 12.0. The minimum atomic E-state index is -0.347. The van der Waals surface area contributed by atoms with Gasteiger partial charge in [0.1, 0.15) is 29.8 Å². The molecular weight excluding hydrogens is 329 g/mol. The van der Waals surface area contributed by atoms with Crippen molar-refractivity contribution in [1.82, 2.24) is 15.0 Å². The standard InChI is InChI=1S/C17H16FN3O4/c1-11(14-7-8-25-20-14)21(2)17(22)15-9-24-16(19-15)10-23-13-5-3-12(18)4-6-13/h3-9,11H,10H2,1-2H3/t11-/m1/s1. The molecule has 0 spiro atoms. The van der Waals surface area contributed by atoms with Crippen molar-refractivity contribution in [2.24, 2.45) is 0 Å². The highest BCUT2D eigenvalue weighted by Crippen LogP contribution is 2.19. The fourth-order valence-electron chi connectivity index (χ4n) is 2.14. The molecule has 0 radical (unpaired) electrons. The third kappa shape index (κ3) is 3.85. The Bertz CT molecular complexity index is 830. The van der Waals surface area contributed by atoms with Crippen LogP contribution >= 0.6 is 0 Å². The van der Waals surface area contributed by atoms with Gasteiger partial charge >= 0.3 is 0 Å². The Hall–Kier alpha value is -3.16. The van der Waals surface area contributed by atoms with Gasteiger partial charge in [-0.15, -0.1) is 0 Å². The molecule has 3 aromatic rings. The van der Waals surface area contributed by atoms with E-state index in [2.05, 4.69) is 10.1 Å².